The molecule has 7 heteroatoms. The van der Waals surface area contributed by atoms with Gasteiger partial charge in [0.05, 0.1) is 16.4 Å². The molecule has 1 aromatic heterocycles. The Kier molecular flexibility index (Phi) is 7.51. The Labute approximate surface area is 205 Å². The highest BCUT2D eigenvalue weighted by molar-refractivity contribution is 14.1. The Balaban J connectivity index is 1.48. The number of nitrogens with one attached hydrogen (secondary N) is 1. The second-order valence-electron chi connectivity index (χ2n) is 7.17. The first kappa shape index (κ1) is 22.7. The number of pyridine rings is 1. The minimum atomic E-state index is -0.302. The zero-order chi connectivity index (χ0) is 23.0. The van der Waals surface area contributed by atoms with E-state index in [0.29, 0.717) is 30.3 Å². The normalized spacial score (nSPS) is 11.0. The van der Waals surface area contributed by atoms with Crippen molar-refractivity contribution in [2.75, 3.05) is 6.61 Å². The molecule has 3 aromatic carbocycles. The summed E-state index contributed by atoms with van der Waals surface area (Å²) in [6.07, 6.45) is 4.70. The number of ether oxygens (including phenoxy) is 2. The Bertz CT molecular complexity index is 1290. The predicted molar refractivity (Wildman–Crippen MR) is 138 cm³/mol. The van der Waals surface area contributed by atoms with Gasteiger partial charge in [-0.25, -0.2) is 5.43 Å². The van der Waals surface area contributed by atoms with Crippen LogP contribution in [0.1, 0.15) is 28.4 Å². The number of hydrazone groups is 1. The largest absolute Gasteiger partial charge is 0.490 e. The van der Waals surface area contributed by atoms with Gasteiger partial charge in [-0.15, -0.1) is 0 Å². The van der Waals surface area contributed by atoms with Gasteiger partial charge in [0.2, 0.25) is 0 Å². The number of aromatic nitrogens is 1. The molecule has 1 amide bonds. The summed E-state index contributed by atoms with van der Waals surface area (Å²) in [6.45, 7) is 2.85. The summed E-state index contributed by atoms with van der Waals surface area (Å²) in [4.78, 5) is 16.0. The maximum absolute atomic E-state index is 12.1. The van der Waals surface area contributed by atoms with Gasteiger partial charge < -0.3 is 9.47 Å². The van der Waals surface area contributed by atoms with Crippen LogP contribution in [0.5, 0.6) is 11.5 Å². The van der Waals surface area contributed by atoms with Gasteiger partial charge in [0.15, 0.2) is 11.5 Å². The van der Waals surface area contributed by atoms with Crippen molar-refractivity contribution >= 4 is 45.5 Å². The summed E-state index contributed by atoms with van der Waals surface area (Å²) >= 11 is 2.22. The van der Waals surface area contributed by atoms with Crippen molar-refractivity contribution in [3.63, 3.8) is 0 Å². The summed E-state index contributed by atoms with van der Waals surface area (Å²) < 4.78 is 12.9. The van der Waals surface area contributed by atoms with Crippen molar-refractivity contribution in [1.29, 1.82) is 0 Å². The van der Waals surface area contributed by atoms with E-state index in [2.05, 4.69) is 68.4 Å². The molecular formula is C26H22IN3O3. The minimum Gasteiger partial charge on any atom is -0.490 e. The Hall–Kier alpha value is -3.46. The van der Waals surface area contributed by atoms with Gasteiger partial charge in [0.25, 0.3) is 5.91 Å². The van der Waals surface area contributed by atoms with Crippen LogP contribution in [0.2, 0.25) is 0 Å². The number of benzene rings is 3. The van der Waals surface area contributed by atoms with Crippen molar-refractivity contribution in [3.8, 4) is 11.5 Å². The molecule has 33 heavy (non-hydrogen) atoms. The smallest absolute Gasteiger partial charge is 0.271 e. The lowest BCUT2D eigenvalue weighted by molar-refractivity contribution is 0.0955. The number of rotatable bonds is 8. The molecule has 0 unspecified atom stereocenters. The molecule has 1 heterocycles. The molecule has 0 aliphatic carbocycles. The first-order valence-corrected chi connectivity index (χ1v) is 11.5. The molecule has 0 saturated carbocycles. The number of amides is 1. The van der Waals surface area contributed by atoms with E-state index in [1.54, 1.807) is 30.7 Å². The van der Waals surface area contributed by atoms with E-state index < -0.39 is 0 Å². The van der Waals surface area contributed by atoms with Gasteiger partial charge in [-0.3, -0.25) is 9.78 Å². The van der Waals surface area contributed by atoms with E-state index in [4.69, 9.17) is 9.47 Å². The molecule has 0 saturated heterocycles. The SMILES string of the molecule is CCOc1cc(/C=N/NC(=O)c2ccncc2)cc(I)c1OCc1ccc2ccccc2c1. The van der Waals surface area contributed by atoms with E-state index in [-0.39, 0.29) is 5.91 Å². The van der Waals surface area contributed by atoms with Crippen LogP contribution in [0.3, 0.4) is 0 Å². The Morgan fingerprint density at radius 3 is 2.61 bits per heavy atom. The van der Waals surface area contributed by atoms with Crippen LogP contribution in [-0.4, -0.2) is 23.7 Å². The van der Waals surface area contributed by atoms with Crippen LogP contribution >= 0.6 is 22.6 Å². The summed E-state index contributed by atoms with van der Waals surface area (Å²) in [6, 6.07) is 21.6. The maximum Gasteiger partial charge on any atom is 0.271 e. The third kappa shape index (κ3) is 5.87. The molecule has 4 rings (SSSR count). The zero-order valence-corrected chi connectivity index (χ0v) is 20.2. The fourth-order valence-electron chi connectivity index (χ4n) is 3.28. The van der Waals surface area contributed by atoms with E-state index in [0.717, 1.165) is 14.7 Å². The van der Waals surface area contributed by atoms with Crippen molar-refractivity contribution in [2.24, 2.45) is 5.10 Å². The van der Waals surface area contributed by atoms with Crippen molar-refractivity contribution in [2.45, 2.75) is 13.5 Å². The molecule has 0 radical (unpaired) electrons. The lowest BCUT2D eigenvalue weighted by atomic mass is 10.1. The second kappa shape index (κ2) is 10.9. The molecule has 0 bridgehead atoms. The van der Waals surface area contributed by atoms with Gasteiger partial charge in [0, 0.05) is 18.0 Å². The van der Waals surface area contributed by atoms with E-state index >= 15 is 0 Å². The zero-order valence-electron chi connectivity index (χ0n) is 18.0. The van der Waals surface area contributed by atoms with Gasteiger partial charge in [0.1, 0.15) is 6.61 Å². The number of hydrogen-bond acceptors (Lipinski definition) is 5. The topological polar surface area (TPSA) is 72.8 Å². The first-order valence-electron chi connectivity index (χ1n) is 10.4. The number of hydrogen-bond donors (Lipinski definition) is 1. The third-order valence-corrected chi connectivity index (χ3v) is 5.65. The summed E-state index contributed by atoms with van der Waals surface area (Å²) in [7, 11) is 0. The van der Waals surface area contributed by atoms with Crippen LogP contribution in [0.15, 0.2) is 84.2 Å². The van der Waals surface area contributed by atoms with Crippen molar-refractivity contribution < 1.29 is 14.3 Å². The number of fused-ring (bicyclic) bond motifs is 1. The highest BCUT2D eigenvalue weighted by atomic mass is 127. The number of carbonyl (C=O) groups excluding carboxylic acids is 1. The highest BCUT2D eigenvalue weighted by Gasteiger charge is 2.12. The van der Waals surface area contributed by atoms with Gasteiger partial charge >= 0.3 is 0 Å². The molecule has 0 fully saturated rings. The van der Waals surface area contributed by atoms with Crippen molar-refractivity contribution in [1.82, 2.24) is 10.4 Å². The Morgan fingerprint density at radius 1 is 1.03 bits per heavy atom. The first-order chi connectivity index (χ1) is 16.1. The monoisotopic (exact) mass is 551 g/mol. The summed E-state index contributed by atoms with van der Waals surface area (Å²) in [5.41, 5.74) is 4.88. The standard InChI is InChI=1S/C26H22IN3O3/c1-2-32-24-15-19(16-29-30-26(31)21-9-11-28-12-10-21)14-23(27)25(24)33-17-18-7-8-20-5-3-4-6-22(20)13-18/h3-16H,2,17H2,1H3,(H,30,31)/b29-16+. The van der Waals surface area contributed by atoms with Crippen LogP contribution < -0.4 is 14.9 Å². The quantitative estimate of drug-likeness (QED) is 0.176. The van der Waals surface area contributed by atoms with E-state index in [1.165, 1.54) is 10.8 Å². The van der Waals surface area contributed by atoms with Crippen LogP contribution in [0.4, 0.5) is 0 Å². The molecule has 166 valence electrons. The summed E-state index contributed by atoms with van der Waals surface area (Å²) in [5, 5.41) is 6.45. The molecule has 0 atom stereocenters. The molecule has 0 aliphatic heterocycles. The van der Waals surface area contributed by atoms with E-state index in [9.17, 15) is 4.79 Å². The molecule has 0 aliphatic rings. The second-order valence-corrected chi connectivity index (χ2v) is 8.33. The molecular weight excluding hydrogens is 529 g/mol. The third-order valence-electron chi connectivity index (χ3n) is 4.85. The van der Waals surface area contributed by atoms with E-state index in [1.807, 2.05) is 31.2 Å². The molecule has 1 N–H and O–H groups in total. The highest BCUT2D eigenvalue weighted by Crippen LogP contribution is 2.34. The fourth-order valence-corrected chi connectivity index (χ4v) is 4.06. The molecule has 6 nitrogen and oxygen atoms in total. The molecule has 4 aromatic rings. The number of nitrogens with zero attached hydrogens (tertiary/aromatic N) is 2. The van der Waals surface area contributed by atoms with Crippen LogP contribution in [-0.2, 0) is 6.61 Å². The minimum absolute atomic E-state index is 0.302. The van der Waals surface area contributed by atoms with Gasteiger partial charge in [-0.1, -0.05) is 36.4 Å². The lowest BCUT2D eigenvalue weighted by Gasteiger charge is -2.15. The average molecular weight is 551 g/mol. The predicted octanol–water partition coefficient (Wildman–Crippen LogP) is 5.58. The lowest BCUT2D eigenvalue weighted by Crippen LogP contribution is -2.17. The fraction of sp³-hybridized carbons (Fsp3) is 0.115. The maximum atomic E-state index is 12.1. The Morgan fingerprint density at radius 2 is 1.82 bits per heavy atom. The number of halogens is 1. The van der Waals surface area contributed by atoms with Gasteiger partial charge in [-0.05, 0) is 81.7 Å². The number of carbonyl (C=O) groups is 1. The average Bonchev–Trinajstić information content (AvgIpc) is 2.84. The molecule has 0 spiro atoms. The van der Waals surface area contributed by atoms with Gasteiger partial charge in [-0.2, -0.15) is 5.10 Å². The van der Waals surface area contributed by atoms with Crippen LogP contribution in [0.25, 0.3) is 10.8 Å². The van der Waals surface area contributed by atoms with Crippen LogP contribution in [0, 0.1) is 3.57 Å². The summed E-state index contributed by atoms with van der Waals surface area (Å²) in [5.74, 6) is 1.01. The van der Waals surface area contributed by atoms with Crippen molar-refractivity contribution in [3.05, 3.63) is 99.4 Å².